The van der Waals surface area contributed by atoms with Crippen molar-refractivity contribution in [3.63, 3.8) is 0 Å². The number of carbonyl (C=O) groups excluding carboxylic acids is 2. The Labute approximate surface area is 436 Å². The van der Waals surface area contributed by atoms with Crippen LogP contribution in [0.5, 0.6) is 0 Å². The number of rotatable bonds is 58. The Bertz CT molecular complexity index is 1130. The molecule has 2 atom stereocenters. The van der Waals surface area contributed by atoms with Crippen LogP contribution in [-0.4, -0.2) is 47.4 Å². The standard InChI is InChI=1S/C64H121NO5/c1-3-5-7-9-11-13-15-16-17-32-35-38-42-46-50-54-58-64(69)70-59-55-51-47-43-39-36-33-30-28-26-24-22-20-18-19-21-23-25-27-29-31-34-37-41-45-49-53-57-63(68)65-61(60-66)62(67)56-52-48-44-40-14-12-10-8-6-4-2/h13,15,17-19,32,61-62,66-67H,3-12,14,16,20-31,33-60H2,1-2H3,(H,65,68)/b15-13-,19-18-,32-17-. The van der Waals surface area contributed by atoms with E-state index in [1.807, 2.05) is 0 Å². The molecule has 0 saturated carbocycles. The number of hydrogen-bond donors (Lipinski definition) is 3. The lowest BCUT2D eigenvalue weighted by molar-refractivity contribution is -0.143. The summed E-state index contributed by atoms with van der Waals surface area (Å²) in [6, 6.07) is -0.540. The highest BCUT2D eigenvalue weighted by atomic mass is 16.5. The lowest BCUT2D eigenvalue weighted by Crippen LogP contribution is -2.45. The first-order valence-electron chi connectivity index (χ1n) is 31.2. The van der Waals surface area contributed by atoms with Gasteiger partial charge in [-0.3, -0.25) is 9.59 Å². The number of esters is 1. The van der Waals surface area contributed by atoms with Gasteiger partial charge < -0.3 is 20.3 Å². The average molecular weight is 985 g/mol. The molecule has 0 bridgehead atoms. The van der Waals surface area contributed by atoms with Crippen molar-refractivity contribution < 1.29 is 24.5 Å². The molecular weight excluding hydrogens is 863 g/mol. The van der Waals surface area contributed by atoms with E-state index in [0.29, 0.717) is 25.9 Å². The maximum absolute atomic E-state index is 12.4. The van der Waals surface area contributed by atoms with Gasteiger partial charge in [0.15, 0.2) is 0 Å². The molecule has 0 aliphatic heterocycles. The second-order valence-corrected chi connectivity index (χ2v) is 21.4. The molecule has 0 aromatic carbocycles. The number of aliphatic hydroxyl groups is 2. The highest BCUT2D eigenvalue weighted by Gasteiger charge is 2.20. The Morgan fingerprint density at radius 2 is 0.714 bits per heavy atom. The Morgan fingerprint density at radius 3 is 1.11 bits per heavy atom. The van der Waals surface area contributed by atoms with Crippen LogP contribution in [0.15, 0.2) is 36.5 Å². The number of carbonyl (C=O) groups is 2. The molecular formula is C64H121NO5. The number of allylic oxidation sites excluding steroid dienone is 6. The van der Waals surface area contributed by atoms with Crippen molar-refractivity contribution >= 4 is 11.9 Å². The lowest BCUT2D eigenvalue weighted by atomic mass is 10.0. The van der Waals surface area contributed by atoms with Crippen LogP contribution in [0.3, 0.4) is 0 Å². The summed E-state index contributed by atoms with van der Waals surface area (Å²) >= 11 is 0. The molecule has 0 saturated heterocycles. The van der Waals surface area contributed by atoms with Crippen LogP contribution in [0.2, 0.25) is 0 Å². The third-order valence-corrected chi connectivity index (χ3v) is 14.4. The minimum atomic E-state index is -0.663. The van der Waals surface area contributed by atoms with Crippen LogP contribution in [0.4, 0.5) is 0 Å². The van der Waals surface area contributed by atoms with Gasteiger partial charge >= 0.3 is 5.97 Å². The molecule has 2 unspecified atom stereocenters. The van der Waals surface area contributed by atoms with Crippen LogP contribution in [0.1, 0.15) is 335 Å². The Morgan fingerprint density at radius 1 is 0.400 bits per heavy atom. The molecule has 0 radical (unpaired) electrons. The third kappa shape index (κ3) is 55.4. The van der Waals surface area contributed by atoms with Crippen molar-refractivity contribution in [2.75, 3.05) is 13.2 Å². The van der Waals surface area contributed by atoms with Crippen LogP contribution in [0, 0.1) is 0 Å². The van der Waals surface area contributed by atoms with E-state index in [4.69, 9.17) is 4.74 Å². The van der Waals surface area contributed by atoms with E-state index < -0.39 is 12.1 Å². The second-order valence-electron chi connectivity index (χ2n) is 21.4. The van der Waals surface area contributed by atoms with Gasteiger partial charge in [0.1, 0.15) is 0 Å². The summed E-state index contributed by atoms with van der Waals surface area (Å²) in [5.74, 6) is -0.0355. The zero-order valence-corrected chi connectivity index (χ0v) is 47.0. The molecule has 1 amide bonds. The van der Waals surface area contributed by atoms with Gasteiger partial charge in [-0.25, -0.2) is 0 Å². The zero-order valence-electron chi connectivity index (χ0n) is 47.0. The van der Waals surface area contributed by atoms with Gasteiger partial charge in [0.05, 0.1) is 25.4 Å². The number of nitrogens with one attached hydrogen (secondary N) is 1. The number of amides is 1. The van der Waals surface area contributed by atoms with Crippen molar-refractivity contribution in [2.24, 2.45) is 0 Å². The van der Waals surface area contributed by atoms with Crippen LogP contribution < -0.4 is 5.32 Å². The van der Waals surface area contributed by atoms with Gasteiger partial charge in [-0.2, -0.15) is 0 Å². The molecule has 3 N–H and O–H groups in total. The highest BCUT2D eigenvalue weighted by Crippen LogP contribution is 2.17. The van der Waals surface area contributed by atoms with Crippen molar-refractivity contribution in [3.05, 3.63) is 36.5 Å². The smallest absolute Gasteiger partial charge is 0.305 e. The Balaban J connectivity index is 3.36. The van der Waals surface area contributed by atoms with E-state index in [2.05, 4.69) is 55.6 Å². The summed E-state index contributed by atoms with van der Waals surface area (Å²) in [6.07, 6.45) is 74.5. The van der Waals surface area contributed by atoms with Gasteiger partial charge in [-0.1, -0.05) is 275 Å². The molecule has 0 aliphatic rings. The predicted molar refractivity (Wildman–Crippen MR) is 306 cm³/mol. The van der Waals surface area contributed by atoms with Gasteiger partial charge in [0, 0.05) is 12.8 Å². The van der Waals surface area contributed by atoms with E-state index >= 15 is 0 Å². The lowest BCUT2D eigenvalue weighted by Gasteiger charge is -2.22. The average Bonchev–Trinajstić information content (AvgIpc) is 3.36. The van der Waals surface area contributed by atoms with E-state index in [1.165, 1.54) is 250 Å². The summed E-state index contributed by atoms with van der Waals surface area (Å²) in [7, 11) is 0. The molecule has 0 aromatic rings. The highest BCUT2D eigenvalue weighted by molar-refractivity contribution is 5.76. The first-order chi connectivity index (χ1) is 34.5. The predicted octanol–water partition coefficient (Wildman–Crippen LogP) is 19.6. The minimum Gasteiger partial charge on any atom is -0.466 e. The van der Waals surface area contributed by atoms with Crippen molar-refractivity contribution in [1.29, 1.82) is 0 Å². The topological polar surface area (TPSA) is 95.9 Å². The number of aliphatic hydroxyl groups excluding tert-OH is 2. The van der Waals surface area contributed by atoms with Crippen LogP contribution in [0.25, 0.3) is 0 Å². The Kier molecular flexibility index (Phi) is 58.0. The molecule has 412 valence electrons. The first-order valence-corrected chi connectivity index (χ1v) is 31.2. The fourth-order valence-electron chi connectivity index (χ4n) is 9.61. The summed E-state index contributed by atoms with van der Waals surface area (Å²) in [4.78, 5) is 24.5. The third-order valence-electron chi connectivity index (χ3n) is 14.4. The van der Waals surface area contributed by atoms with E-state index in [-0.39, 0.29) is 18.5 Å². The van der Waals surface area contributed by atoms with Crippen LogP contribution >= 0.6 is 0 Å². The summed E-state index contributed by atoms with van der Waals surface area (Å²) in [6.45, 7) is 4.92. The zero-order chi connectivity index (χ0) is 50.7. The van der Waals surface area contributed by atoms with Crippen molar-refractivity contribution in [2.45, 2.75) is 347 Å². The SMILES string of the molecule is CCCCCC/C=C\C/C=C\CCCCCCCC(=O)OCCCCCCCCCCCCCC/C=C\CCCCCCCCCCCCCC(=O)NC(CO)C(O)CCCCCCCCCCCC. The van der Waals surface area contributed by atoms with E-state index in [0.717, 1.165) is 51.4 Å². The van der Waals surface area contributed by atoms with E-state index in [9.17, 15) is 19.8 Å². The molecule has 0 rings (SSSR count). The minimum absolute atomic E-state index is 0.00152. The van der Waals surface area contributed by atoms with Gasteiger partial charge in [-0.05, 0) is 83.5 Å². The number of ether oxygens (including phenoxy) is 1. The fourth-order valence-corrected chi connectivity index (χ4v) is 9.61. The maximum Gasteiger partial charge on any atom is 0.305 e. The molecule has 70 heavy (non-hydrogen) atoms. The van der Waals surface area contributed by atoms with Crippen LogP contribution in [-0.2, 0) is 14.3 Å². The molecule has 0 heterocycles. The fraction of sp³-hybridized carbons (Fsp3) is 0.875. The van der Waals surface area contributed by atoms with Gasteiger partial charge in [-0.15, -0.1) is 0 Å². The van der Waals surface area contributed by atoms with Crippen molar-refractivity contribution in [1.82, 2.24) is 5.32 Å². The number of hydrogen-bond acceptors (Lipinski definition) is 5. The van der Waals surface area contributed by atoms with E-state index in [1.54, 1.807) is 0 Å². The monoisotopic (exact) mass is 984 g/mol. The van der Waals surface area contributed by atoms with Gasteiger partial charge in [0.2, 0.25) is 5.91 Å². The Hall–Kier alpha value is -1.92. The molecule has 6 nitrogen and oxygen atoms in total. The maximum atomic E-state index is 12.4. The largest absolute Gasteiger partial charge is 0.466 e. The molecule has 0 aliphatic carbocycles. The summed E-state index contributed by atoms with van der Waals surface area (Å²) in [5, 5.41) is 23.2. The molecule has 0 aromatic heterocycles. The molecule has 0 spiro atoms. The molecule has 6 heteroatoms. The summed E-state index contributed by atoms with van der Waals surface area (Å²) in [5.41, 5.74) is 0. The van der Waals surface area contributed by atoms with Gasteiger partial charge in [0.25, 0.3) is 0 Å². The number of unbranched alkanes of at least 4 members (excludes halogenated alkanes) is 41. The van der Waals surface area contributed by atoms with Crippen molar-refractivity contribution in [3.8, 4) is 0 Å². The second kappa shape index (κ2) is 59.6. The first kappa shape index (κ1) is 68.1. The normalized spacial score (nSPS) is 12.8. The summed E-state index contributed by atoms with van der Waals surface area (Å²) < 4.78 is 5.48. The molecule has 0 fully saturated rings. The quantitative estimate of drug-likeness (QED) is 0.0321.